The Morgan fingerprint density at radius 3 is 2.50 bits per heavy atom. The number of ether oxygens (including phenoxy) is 1. The lowest BCUT2D eigenvalue weighted by Crippen LogP contribution is -2.42. The topological polar surface area (TPSA) is 73.6 Å². The fraction of sp³-hybridized carbons (Fsp3) is 0.846. The Kier molecular flexibility index (Phi) is 4.97. The summed E-state index contributed by atoms with van der Waals surface area (Å²) in [6.45, 7) is 6.82. The molecular formula is C13H22N2O3. The average Bonchev–Trinajstić information content (AvgIpc) is 2.27. The third-order valence-electron chi connectivity index (χ3n) is 2.97. The van der Waals surface area contributed by atoms with Crippen LogP contribution in [0.2, 0.25) is 0 Å². The fourth-order valence-corrected chi connectivity index (χ4v) is 2.05. The van der Waals surface area contributed by atoms with Gasteiger partial charge in [0.1, 0.15) is 11.7 Å². The second-order valence-corrected chi connectivity index (χ2v) is 5.79. The maximum absolute atomic E-state index is 11.8. The first-order chi connectivity index (χ1) is 8.31. The monoisotopic (exact) mass is 254 g/mol. The minimum absolute atomic E-state index is 0.276. The number of rotatable bonds is 2. The van der Waals surface area contributed by atoms with Crippen molar-refractivity contribution in [2.75, 3.05) is 13.1 Å². The molecule has 0 saturated carbocycles. The van der Waals surface area contributed by atoms with E-state index in [2.05, 4.69) is 0 Å². The van der Waals surface area contributed by atoms with Gasteiger partial charge in [-0.25, -0.2) is 4.79 Å². The van der Waals surface area contributed by atoms with E-state index in [9.17, 15) is 9.90 Å². The summed E-state index contributed by atoms with van der Waals surface area (Å²) in [7, 11) is 0. The molecule has 1 amide bonds. The highest BCUT2D eigenvalue weighted by Crippen LogP contribution is 2.23. The van der Waals surface area contributed by atoms with E-state index in [0.29, 0.717) is 25.4 Å². The predicted molar refractivity (Wildman–Crippen MR) is 66.8 cm³/mol. The van der Waals surface area contributed by atoms with Gasteiger partial charge in [0.05, 0.1) is 6.07 Å². The van der Waals surface area contributed by atoms with Crippen LogP contribution in [0.3, 0.4) is 0 Å². The molecule has 5 nitrogen and oxygen atoms in total. The van der Waals surface area contributed by atoms with Crippen LogP contribution in [0.25, 0.3) is 0 Å². The molecule has 0 unspecified atom stereocenters. The molecule has 1 rings (SSSR count). The second-order valence-electron chi connectivity index (χ2n) is 5.79. The maximum Gasteiger partial charge on any atom is 0.410 e. The minimum atomic E-state index is -0.886. The van der Waals surface area contributed by atoms with E-state index in [4.69, 9.17) is 10.00 Å². The van der Waals surface area contributed by atoms with E-state index in [1.807, 2.05) is 26.8 Å². The highest BCUT2D eigenvalue weighted by Gasteiger charge is 2.27. The summed E-state index contributed by atoms with van der Waals surface area (Å²) in [5.74, 6) is 0.318. The lowest BCUT2D eigenvalue weighted by molar-refractivity contribution is 0.0170. The van der Waals surface area contributed by atoms with Crippen molar-refractivity contribution < 1.29 is 14.6 Å². The third-order valence-corrected chi connectivity index (χ3v) is 2.97. The lowest BCUT2D eigenvalue weighted by Gasteiger charge is -2.33. The number of aliphatic hydroxyl groups excluding tert-OH is 1. The van der Waals surface area contributed by atoms with Gasteiger partial charge in [0.2, 0.25) is 0 Å². The van der Waals surface area contributed by atoms with Gasteiger partial charge in [-0.1, -0.05) is 0 Å². The number of piperidine rings is 1. The predicted octanol–water partition coefficient (Wildman–Crippen LogP) is 1.91. The Balaban J connectivity index is 2.35. The molecule has 1 fully saturated rings. The summed E-state index contributed by atoms with van der Waals surface area (Å²) >= 11 is 0. The number of aliphatic hydroxyl groups is 1. The Morgan fingerprint density at radius 2 is 2.06 bits per heavy atom. The van der Waals surface area contributed by atoms with Gasteiger partial charge in [0.15, 0.2) is 0 Å². The first-order valence-corrected chi connectivity index (χ1v) is 6.37. The molecule has 0 spiro atoms. The van der Waals surface area contributed by atoms with Crippen LogP contribution in [-0.2, 0) is 4.74 Å². The summed E-state index contributed by atoms with van der Waals surface area (Å²) in [5, 5.41) is 17.8. The number of carbonyl (C=O) groups is 1. The Labute approximate surface area is 108 Å². The molecule has 1 aliphatic rings. The number of hydrogen-bond acceptors (Lipinski definition) is 4. The van der Waals surface area contributed by atoms with Crippen molar-refractivity contribution >= 4 is 6.09 Å². The van der Waals surface area contributed by atoms with Crippen LogP contribution in [0.4, 0.5) is 4.79 Å². The smallest absolute Gasteiger partial charge is 0.410 e. The SMILES string of the molecule is CC(C)(C)OC(=O)N1CCC(C[C@@H](O)C#N)CC1. The van der Waals surface area contributed by atoms with Gasteiger partial charge in [-0.2, -0.15) is 5.26 Å². The molecule has 0 aliphatic carbocycles. The molecule has 0 aromatic heterocycles. The molecule has 1 heterocycles. The highest BCUT2D eigenvalue weighted by molar-refractivity contribution is 5.68. The molecule has 102 valence electrons. The van der Waals surface area contributed by atoms with E-state index in [0.717, 1.165) is 12.8 Å². The molecule has 5 heteroatoms. The standard InChI is InChI=1S/C13H22N2O3/c1-13(2,3)18-12(17)15-6-4-10(5-7-15)8-11(16)9-14/h10-11,16H,4-8H2,1-3H3/t11-/m1/s1. The molecule has 1 N–H and O–H groups in total. The lowest BCUT2D eigenvalue weighted by atomic mass is 9.91. The Morgan fingerprint density at radius 1 is 1.50 bits per heavy atom. The van der Waals surface area contributed by atoms with Crippen LogP contribution in [0.5, 0.6) is 0 Å². The van der Waals surface area contributed by atoms with E-state index in [1.165, 1.54) is 0 Å². The summed E-state index contributed by atoms with van der Waals surface area (Å²) in [4.78, 5) is 13.5. The molecule has 18 heavy (non-hydrogen) atoms. The van der Waals surface area contributed by atoms with Crippen molar-refractivity contribution in [2.45, 2.75) is 51.7 Å². The quantitative estimate of drug-likeness (QED) is 0.764. The van der Waals surface area contributed by atoms with E-state index >= 15 is 0 Å². The molecule has 1 aliphatic heterocycles. The van der Waals surface area contributed by atoms with Crippen molar-refractivity contribution in [3.8, 4) is 6.07 Å². The molecule has 0 aromatic carbocycles. The Bertz CT molecular complexity index is 322. The van der Waals surface area contributed by atoms with E-state index < -0.39 is 11.7 Å². The third kappa shape index (κ3) is 4.92. The van der Waals surface area contributed by atoms with Crippen LogP contribution >= 0.6 is 0 Å². The van der Waals surface area contributed by atoms with Crippen molar-refractivity contribution in [3.63, 3.8) is 0 Å². The van der Waals surface area contributed by atoms with Crippen LogP contribution in [0.1, 0.15) is 40.0 Å². The average molecular weight is 254 g/mol. The summed E-state index contributed by atoms with van der Waals surface area (Å²) in [6, 6.07) is 1.83. The van der Waals surface area contributed by atoms with Gasteiger partial charge < -0.3 is 14.7 Å². The van der Waals surface area contributed by atoms with Crippen molar-refractivity contribution in [3.05, 3.63) is 0 Å². The summed E-state index contributed by atoms with van der Waals surface area (Å²) in [6.07, 6.45) is 0.971. The number of nitriles is 1. The molecule has 1 saturated heterocycles. The van der Waals surface area contributed by atoms with Gasteiger partial charge in [0, 0.05) is 13.1 Å². The van der Waals surface area contributed by atoms with Gasteiger partial charge in [-0.3, -0.25) is 0 Å². The van der Waals surface area contributed by atoms with Crippen LogP contribution in [0, 0.1) is 17.2 Å². The zero-order valence-electron chi connectivity index (χ0n) is 11.3. The number of carbonyl (C=O) groups excluding carboxylic acids is 1. The first kappa shape index (κ1) is 14.8. The maximum atomic E-state index is 11.8. The zero-order chi connectivity index (χ0) is 13.8. The highest BCUT2D eigenvalue weighted by atomic mass is 16.6. The number of amides is 1. The largest absolute Gasteiger partial charge is 0.444 e. The van der Waals surface area contributed by atoms with Gasteiger partial charge in [-0.05, 0) is 46.0 Å². The van der Waals surface area contributed by atoms with Gasteiger partial charge in [0.25, 0.3) is 0 Å². The number of hydrogen-bond donors (Lipinski definition) is 1. The Hall–Kier alpha value is -1.28. The van der Waals surface area contributed by atoms with Crippen molar-refractivity contribution in [2.24, 2.45) is 5.92 Å². The fourth-order valence-electron chi connectivity index (χ4n) is 2.05. The summed E-state index contributed by atoms with van der Waals surface area (Å²) < 4.78 is 5.30. The second kappa shape index (κ2) is 6.05. The van der Waals surface area contributed by atoms with Crippen LogP contribution in [-0.4, -0.2) is 40.9 Å². The molecule has 1 atom stereocenters. The van der Waals surface area contributed by atoms with Crippen LogP contribution < -0.4 is 0 Å². The first-order valence-electron chi connectivity index (χ1n) is 6.37. The molecular weight excluding hydrogens is 232 g/mol. The molecule has 0 radical (unpaired) electrons. The number of likely N-dealkylation sites (tertiary alicyclic amines) is 1. The van der Waals surface area contributed by atoms with Crippen molar-refractivity contribution in [1.82, 2.24) is 4.90 Å². The number of nitrogens with zero attached hydrogens (tertiary/aromatic N) is 2. The van der Waals surface area contributed by atoms with E-state index in [1.54, 1.807) is 4.90 Å². The van der Waals surface area contributed by atoms with Crippen molar-refractivity contribution in [1.29, 1.82) is 5.26 Å². The van der Waals surface area contributed by atoms with Crippen LogP contribution in [0.15, 0.2) is 0 Å². The summed E-state index contributed by atoms with van der Waals surface area (Å²) in [5.41, 5.74) is -0.467. The van der Waals surface area contributed by atoms with E-state index in [-0.39, 0.29) is 6.09 Å². The molecule has 0 aromatic rings. The minimum Gasteiger partial charge on any atom is -0.444 e. The molecule has 0 bridgehead atoms. The normalized spacial score (nSPS) is 19.2. The zero-order valence-corrected chi connectivity index (χ0v) is 11.3. The van der Waals surface area contributed by atoms with Gasteiger partial charge in [-0.15, -0.1) is 0 Å². The van der Waals surface area contributed by atoms with Gasteiger partial charge >= 0.3 is 6.09 Å².